The van der Waals surface area contributed by atoms with Crippen molar-refractivity contribution >= 4 is 23.6 Å². The highest BCUT2D eigenvalue weighted by Crippen LogP contribution is 2.29. The molecule has 0 aromatic carbocycles. The van der Waals surface area contributed by atoms with Crippen LogP contribution in [-0.4, -0.2) is 23.6 Å². The molecule has 8 heteroatoms. The predicted molar refractivity (Wildman–Crippen MR) is 53.0 cm³/mol. The Bertz CT molecular complexity index is 316. The summed E-state index contributed by atoms with van der Waals surface area (Å²) in [6, 6.07) is 0. The van der Waals surface area contributed by atoms with E-state index in [-0.39, 0.29) is 6.42 Å². The van der Waals surface area contributed by atoms with Gasteiger partial charge in [-0.05, 0) is 6.42 Å². The minimum Gasteiger partial charge on any atom is -0.369 e. The monoisotopic (exact) mass is 230 g/mol. The molecule has 0 aliphatic rings. The van der Waals surface area contributed by atoms with E-state index >= 15 is 0 Å². The fourth-order valence-electron chi connectivity index (χ4n) is 1.60. The molecule has 0 saturated heterocycles. The van der Waals surface area contributed by atoms with Gasteiger partial charge in [0.1, 0.15) is 0 Å². The molecule has 0 aromatic heterocycles. The largest absolute Gasteiger partial charge is 0.369 e. The smallest absolute Gasteiger partial charge is 0.243 e. The molecule has 0 heterocycles. The fraction of sp³-hybridized carbons (Fsp3) is 0.500. The quantitative estimate of drug-likeness (QED) is 0.355. The molecule has 0 aromatic rings. The van der Waals surface area contributed by atoms with E-state index in [4.69, 9.17) is 22.9 Å². The first-order valence-electron chi connectivity index (χ1n) is 4.41. The summed E-state index contributed by atoms with van der Waals surface area (Å²) < 4.78 is 0. The van der Waals surface area contributed by atoms with Crippen molar-refractivity contribution in [3.8, 4) is 0 Å². The summed E-state index contributed by atoms with van der Waals surface area (Å²) in [4.78, 5) is 44.8. The Balaban J connectivity index is 5.88. The first kappa shape index (κ1) is 13.9. The summed E-state index contributed by atoms with van der Waals surface area (Å²) in [7, 11) is 0. The standard InChI is InChI=1S/C8H14N4O4/c1-2-3(4(9)13)8(5(10)14,6(11)15)7(12)16/h3H,2H2,1H3,(H2,9,13)(H2,10,14)(H2,11,15)(H2,12,16). The van der Waals surface area contributed by atoms with E-state index in [0.29, 0.717) is 0 Å². The molecule has 0 bridgehead atoms. The summed E-state index contributed by atoms with van der Waals surface area (Å²) >= 11 is 0. The zero-order valence-corrected chi connectivity index (χ0v) is 8.73. The van der Waals surface area contributed by atoms with Crippen LogP contribution in [0.4, 0.5) is 0 Å². The molecular weight excluding hydrogens is 216 g/mol. The van der Waals surface area contributed by atoms with Crippen molar-refractivity contribution in [3.63, 3.8) is 0 Å². The molecule has 0 aliphatic heterocycles. The average molecular weight is 230 g/mol. The Hall–Kier alpha value is -2.12. The molecule has 1 atom stereocenters. The van der Waals surface area contributed by atoms with Crippen molar-refractivity contribution in [1.29, 1.82) is 0 Å². The topological polar surface area (TPSA) is 172 Å². The van der Waals surface area contributed by atoms with Gasteiger partial charge in [-0.25, -0.2) is 0 Å². The van der Waals surface area contributed by atoms with E-state index in [1.165, 1.54) is 6.92 Å². The zero-order chi connectivity index (χ0) is 13.1. The van der Waals surface area contributed by atoms with Gasteiger partial charge in [-0.3, -0.25) is 19.2 Å². The van der Waals surface area contributed by atoms with Crippen LogP contribution < -0.4 is 22.9 Å². The third kappa shape index (κ3) is 1.81. The molecule has 0 radical (unpaired) electrons. The summed E-state index contributed by atoms with van der Waals surface area (Å²) in [6.07, 6.45) is -0.0653. The molecule has 8 nitrogen and oxygen atoms in total. The third-order valence-electron chi connectivity index (χ3n) is 2.44. The van der Waals surface area contributed by atoms with Gasteiger partial charge in [0.05, 0.1) is 5.92 Å². The lowest BCUT2D eigenvalue weighted by molar-refractivity contribution is -0.156. The van der Waals surface area contributed by atoms with E-state index in [1.54, 1.807) is 0 Å². The summed E-state index contributed by atoms with van der Waals surface area (Å²) in [6.45, 7) is 1.44. The van der Waals surface area contributed by atoms with Crippen molar-refractivity contribution < 1.29 is 19.2 Å². The van der Waals surface area contributed by atoms with E-state index in [9.17, 15) is 19.2 Å². The molecule has 0 saturated carbocycles. The maximum Gasteiger partial charge on any atom is 0.243 e. The number of amides is 4. The van der Waals surface area contributed by atoms with Gasteiger partial charge in [0.2, 0.25) is 29.0 Å². The van der Waals surface area contributed by atoms with Crippen molar-refractivity contribution in [2.45, 2.75) is 13.3 Å². The Morgan fingerprint density at radius 2 is 1.25 bits per heavy atom. The minimum absolute atomic E-state index is 0.0653. The van der Waals surface area contributed by atoms with Gasteiger partial charge in [-0.1, -0.05) is 6.92 Å². The van der Waals surface area contributed by atoms with Gasteiger partial charge in [-0.15, -0.1) is 0 Å². The van der Waals surface area contributed by atoms with Crippen LogP contribution in [0.15, 0.2) is 0 Å². The molecule has 16 heavy (non-hydrogen) atoms. The van der Waals surface area contributed by atoms with E-state index in [2.05, 4.69) is 0 Å². The number of hydrogen-bond acceptors (Lipinski definition) is 4. The van der Waals surface area contributed by atoms with Crippen LogP contribution in [0.1, 0.15) is 13.3 Å². The van der Waals surface area contributed by atoms with Gasteiger partial charge >= 0.3 is 0 Å². The second-order valence-corrected chi connectivity index (χ2v) is 3.26. The summed E-state index contributed by atoms with van der Waals surface area (Å²) in [5.74, 6) is -6.62. The van der Waals surface area contributed by atoms with E-state index < -0.39 is 35.0 Å². The van der Waals surface area contributed by atoms with Gasteiger partial charge in [-0.2, -0.15) is 0 Å². The molecule has 4 amide bonds. The molecule has 0 spiro atoms. The van der Waals surface area contributed by atoms with Crippen LogP contribution in [0.5, 0.6) is 0 Å². The van der Waals surface area contributed by atoms with Crippen molar-refractivity contribution in [2.24, 2.45) is 34.3 Å². The highest BCUT2D eigenvalue weighted by molar-refractivity contribution is 6.23. The fourth-order valence-corrected chi connectivity index (χ4v) is 1.60. The molecule has 1 unspecified atom stereocenters. The molecule has 0 aliphatic carbocycles. The zero-order valence-electron chi connectivity index (χ0n) is 8.73. The lowest BCUT2D eigenvalue weighted by Gasteiger charge is -2.29. The second-order valence-electron chi connectivity index (χ2n) is 3.26. The minimum atomic E-state index is -2.57. The Morgan fingerprint density at radius 1 is 0.938 bits per heavy atom. The number of rotatable bonds is 6. The number of carbonyl (C=O) groups excluding carboxylic acids is 4. The molecule has 90 valence electrons. The third-order valence-corrected chi connectivity index (χ3v) is 2.44. The van der Waals surface area contributed by atoms with Crippen LogP contribution in [-0.2, 0) is 19.2 Å². The Morgan fingerprint density at radius 3 is 1.31 bits per heavy atom. The van der Waals surface area contributed by atoms with Gasteiger partial charge in [0.25, 0.3) is 0 Å². The van der Waals surface area contributed by atoms with Crippen molar-refractivity contribution in [3.05, 3.63) is 0 Å². The van der Waals surface area contributed by atoms with Crippen LogP contribution >= 0.6 is 0 Å². The lowest BCUT2D eigenvalue weighted by Crippen LogP contribution is -2.62. The number of carbonyl (C=O) groups is 4. The molecule has 0 fully saturated rings. The molecule has 0 rings (SSSR count). The molecule has 8 N–H and O–H groups in total. The van der Waals surface area contributed by atoms with Gasteiger partial charge in [0, 0.05) is 0 Å². The predicted octanol–water partition coefficient (Wildman–Crippen LogP) is -3.06. The normalized spacial score (nSPS) is 12.8. The SMILES string of the molecule is CCC(C(N)=O)C(C(N)=O)(C(N)=O)C(N)=O. The number of primary amides is 4. The van der Waals surface area contributed by atoms with Crippen molar-refractivity contribution in [1.82, 2.24) is 0 Å². The maximum atomic E-state index is 11.2. The highest BCUT2D eigenvalue weighted by Gasteiger charge is 2.56. The highest BCUT2D eigenvalue weighted by atomic mass is 16.2. The van der Waals surface area contributed by atoms with E-state index in [0.717, 1.165) is 0 Å². The van der Waals surface area contributed by atoms with Crippen LogP contribution in [0, 0.1) is 11.3 Å². The van der Waals surface area contributed by atoms with Crippen molar-refractivity contribution in [2.75, 3.05) is 0 Å². The first-order chi connectivity index (χ1) is 7.22. The van der Waals surface area contributed by atoms with Crippen LogP contribution in [0.25, 0.3) is 0 Å². The number of nitrogens with two attached hydrogens (primary N) is 4. The Labute approximate surface area is 91.3 Å². The first-order valence-corrected chi connectivity index (χ1v) is 4.41. The van der Waals surface area contributed by atoms with Crippen LogP contribution in [0.2, 0.25) is 0 Å². The summed E-state index contributed by atoms with van der Waals surface area (Å²) in [5, 5.41) is 0. The Kier molecular flexibility index (Phi) is 3.99. The maximum absolute atomic E-state index is 11.2. The number of hydrogen-bond donors (Lipinski definition) is 4. The van der Waals surface area contributed by atoms with Gasteiger partial charge < -0.3 is 22.9 Å². The van der Waals surface area contributed by atoms with E-state index in [1.807, 2.05) is 0 Å². The second kappa shape index (κ2) is 4.60. The molecular formula is C8H14N4O4. The van der Waals surface area contributed by atoms with Gasteiger partial charge in [0.15, 0.2) is 0 Å². The lowest BCUT2D eigenvalue weighted by atomic mass is 9.71. The average Bonchev–Trinajstić information content (AvgIpc) is 2.10. The van der Waals surface area contributed by atoms with Crippen LogP contribution in [0.3, 0.4) is 0 Å². The summed E-state index contributed by atoms with van der Waals surface area (Å²) in [5.41, 5.74) is 17.2.